The Morgan fingerprint density at radius 2 is 1.90 bits per heavy atom. The Hall–Kier alpha value is -2.63. The van der Waals surface area contributed by atoms with Crippen LogP contribution < -0.4 is 5.32 Å². The highest BCUT2D eigenvalue weighted by atomic mass is 32.2. The third-order valence-corrected chi connectivity index (χ3v) is 8.65. The molecule has 0 bridgehead atoms. The number of oxazole rings is 1. The molecule has 3 aromatic rings. The predicted molar refractivity (Wildman–Crippen MR) is 155 cm³/mol. The maximum Gasteiger partial charge on any atom is 0.238 e. The zero-order valence-electron chi connectivity index (χ0n) is 23.4. The van der Waals surface area contributed by atoms with Gasteiger partial charge in [0.25, 0.3) is 0 Å². The van der Waals surface area contributed by atoms with E-state index in [0.717, 1.165) is 24.8 Å². The average Bonchev–Trinajstić information content (AvgIpc) is 3.41. The van der Waals surface area contributed by atoms with Crippen LogP contribution in [0.2, 0.25) is 0 Å². The van der Waals surface area contributed by atoms with Crippen molar-refractivity contribution < 1.29 is 28.0 Å². The van der Waals surface area contributed by atoms with E-state index in [1.54, 1.807) is 13.2 Å². The van der Waals surface area contributed by atoms with Gasteiger partial charge in [-0.2, -0.15) is 0 Å². The number of ether oxygens (including phenoxy) is 2. The molecule has 4 rings (SSSR count). The highest BCUT2D eigenvalue weighted by Crippen LogP contribution is 2.25. The van der Waals surface area contributed by atoms with Crippen molar-refractivity contribution in [1.82, 2.24) is 15.2 Å². The van der Waals surface area contributed by atoms with Crippen LogP contribution in [0.5, 0.6) is 0 Å². The first kappa shape index (κ1) is 30.3. The van der Waals surface area contributed by atoms with E-state index >= 15 is 0 Å². The molecular weight excluding hydrogens is 530 g/mol. The van der Waals surface area contributed by atoms with E-state index in [2.05, 4.69) is 15.2 Å². The molecule has 2 aromatic carbocycles. The third-order valence-electron chi connectivity index (χ3n) is 7.30. The fraction of sp³-hybridized carbons (Fsp3) is 0.533. The van der Waals surface area contributed by atoms with Gasteiger partial charge in [-0.05, 0) is 37.0 Å². The van der Waals surface area contributed by atoms with Crippen LogP contribution in [0.1, 0.15) is 50.2 Å². The van der Waals surface area contributed by atoms with Gasteiger partial charge in [-0.1, -0.05) is 55.8 Å². The zero-order valence-corrected chi connectivity index (χ0v) is 24.2. The summed E-state index contributed by atoms with van der Waals surface area (Å²) in [4.78, 5) is 20.6. The fourth-order valence-corrected chi connectivity index (χ4v) is 6.59. The standard InChI is InChI=1S/C30H41N3O6S/c1-3-9-25(28(34)30-32-24-12-7-8-13-27(24)39-30)31-29(35)26(21-40(36)20-22-10-5-4-6-11-22)33(16-19-37-2)23-14-17-38-18-15-23/h4-8,10-13,23,25-26,28,34H,3,9,14-21H2,1-2H3,(H,31,35)/t25-,26?,28?,40?/m0/s1. The van der Waals surface area contributed by atoms with Crippen molar-refractivity contribution in [3.05, 3.63) is 66.1 Å². The number of aromatic nitrogens is 1. The average molecular weight is 572 g/mol. The SMILES string of the molecule is CCC[C@H](NC(=O)C(CS(=O)Cc1ccccc1)N(CCOC)C1CCOCC1)C(O)c1nc2ccccc2o1. The Kier molecular flexibility index (Phi) is 11.7. The van der Waals surface area contributed by atoms with Crippen LogP contribution in [0, 0.1) is 0 Å². The van der Waals surface area contributed by atoms with Crippen molar-refractivity contribution in [3.8, 4) is 0 Å². The van der Waals surface area contributed by atoms with Crippen molar-refractivity contribution in [3.63, 3.8) is 0 Å². The number of methoxy groups -OCH3 is 1. The van der Waals surface area contributed by atoms with Crippen LogP contribution >= 0.6 is 0 Å². The molecule has 1 aliphatic heterocycles. The lowest BCUT2D eigenvalue weighted by molar-refractivity contribution is -0.129. The van der Waals surface area contributed by atoms with Gasteiger partial charge >= 0.3 is 0 Å². The first-order chi connectivity index (χ1) is 19.5. The molecule has 1 aliphatic rings. The minimum Gasteiger partial charge on any atom is -0.438 e. The number of carbonyl (C=O) groups is 1. The largest absolute Gasteiger partial charge is 0.438 e. The molecule has 0 radical (unpaired) electrons. The minimum atomic E-state index is -1.30. The van der Waals surface area contributed by atoms with E-state index in [4.69, 9.17) is 13.9 Å². The van der Waals surface area contributed by atoms with E-state index in [0.29, 0.717) is 49.6 Å². The summed E-state index contributed by atoms with van der Waals surface area (Å²) in [6, 6.07) is 15.8. The lowest BCUT2D eigenvalue weighted by Gasteiger charge is -2.39. The molecule has 1 saturated heterocycles. The summed E-state index contributed by atoms with van der Waals surface area (Å²) in [6.45, 7) is 4.19. The first-order valence-electron chi connectivity index (χ1n) is 14.0. The number of benzene rings is 2. The molecule has 4 atom stereocenters. The summed E-state index contributed by atoms with van der Waals surface area (Å²) in [6.07, 6.45) is 1.70. The van der Waals surface area contributed by atoms with Gasteiger partial charge in [0.1, 0.15) is 11.6 Å². The fourth-order valence-electron chi connectivity index (χ4n) is 5.21. The summed E-state index contributed by atoms with van der Waals surface area (Å²) in [5.74, 6) is 0.433. The summed E-state index contributed by atoms with van der Waals surface area (Å²) >= 11 is 0. The van der Waals surface area contributed by atoms with Crippen LogP contribution in [-0.2, 0) is 30.8 Å². The molecule has 0 spiro atoms. The number of nitrogens with one attached hydrogen (secondary N) is 1. The Bertz CT molecular complexity index is 1180. The summed E-state index contributed by atoms with van der Waals surface area (Å²) in [7, 11) is 0.342. The zero-order chi connectivity index (χ0) is 28.3. The minimum absolute atomic E-state index is 0.0972. The molecule has 1 aromatic heterocycles. The lowest BCUT2D eigenvalue weighted by Crippen LogP contribution is -2.57. The number of aliphatic hydroxyl groups excluding tert-OH is 1. The molecule has 9 nitrogen and oxygen atoms in total. The molecule has 2 N–H and O–H groups in total. The molecule has 1 amide bonds. The smallest absolute Gasteiger partial charge is 0.238 e. The number of rotatable bonds is 15. The monoisotopic (exact) mass is 571 g/mol. The van der Waals surface area contributed by atoms with Gasteiger partial charge in [0.2, 0.25) is 11.8 Å². The second-order valence-electron chi connectivity index (χ2n) is 10.2. The second-order valence-corrected chi connectivity index (χ2v) is 11.7. The molecule has 218 valence electrons. The first-order valence-corrected chi connectivity index (χ1v) is 15.5. The summed E-state index contributed by atoms with van der Waals surface area (Å²) in [5.41, 5.74) is 2.19. The number of nitrogens with zero attached hydrogens (tertiary/aromatic N) is 2. The van der Waals surface area contributed by atoms with Crippen molar-refractivity contribution >= 4 is 27.8 Å². The Balaban J connectivity index is 1.57. The van der Waals surface area contributed by atoms with Crippen LogP contribution in [0.15, 0.2) is 59.0 Å². The van der Waals surface area contributed by atoms with Gasteiger partial charge in [-0.15, -0.1) is 0 Å². The highest BCUT2D eigenvalue weighted by Gasteiger charge is 2.36. The Labute approximate surface area is 238 Å². The van der Waals surface area contributed by atoms with Gasteiger partial charge in [0.15, 0.2) is 11.7 Å². The number of carbonyl (C=O) groups excluding carboxylic acids is 1. The molecule has 10 heteroatoms. The van der Waals surface area contributed by atoms with Crippen molar-refractivity contribution in [2.45, 2.75) is 62.6 Å². The van der Waals surface area contributed by atoms with Crippen LogP contribution in [0.3, 0.4) is 0 Å². The molecule has 40 heavy (non-hydrogen) atoms. The van der Waals surface area contributed by atoms with E-state index < -0.39 is 29.0 Å². The van der Waals surface area contributed by atoms with Crippen molar-refractivity contribution in [2.75, 3.05) is 39.2 Å². The van der Waals surface area contributed by atoms with Crippen LogP contribution in [0.25, 0.3) is 11.1 Å². The van der Waals surface area contributed by atoms with E-state index in [-0.39, 0.29) is 23.6 Å². The Morgan fingerprint density at radius 1 is 1.18 bits per heavy atom. The van der Waals surface area contributed by atoms with E-state index in [1.165, 1.54) is 0 Å². The number of para-hydroxylation sites is 2. The molecule has 0 saturated carbocycles. The van der Waals surface area contributed by atoms with E-state index in [9.17, 15) is 14.1 Å². The molecular formula is C30H41N3O6S. The molecule has 0 aliphatic carbocycles. The highest BCUT2D eigenvalue weighted by molar-refractivity contribution is 7.84. The number of aliphatic hydroxyl groups is 1. The summed E-state index contributed by atoms with van der Waals surface area (Å²) < 4.78 is 30.2. The summed E-state index contributed by atoms with van der Waals surface area (Å²) in [5, 5.41) is 14.4. The molecule has 2 heterocycles. The topological polar surface area (TPSA) is 114 Å². The van der Waals surface area contributed by atoms with Gasteiger partial charge in [0.05, 0.1) is 12.6 Å². The maximum atomic E-state index is 14.1. The van der Waals surface area contributed by atoms with Gasteiger partial charge < -0.3 is 24.3 Å². The molecule has 3 unspecified atom stereocenters. The Morgan fingerprint density at radius 3 is 2.60 bits per heavy atom. The predicted octanol–water partition coefficient (Wildman–Crippen LogP) is 3.59. The number of hydrogen-bond donors (Lipinski definition) is 2. The van der Waals surface area contributed by atoms with Crippen LogP contribution in [0.4, 0.5) is 0 Å². The van der Waals surface area contributed by atoms with E-state index in [1.807, 2.05) is 55.5 Å². The maximum absolute atomic E-state index is 14.1. The third kappa shape index (κ3) is 8.20. The number of hydrogen-bond acceptors (Lipinski definition) is 8. The van der Waals surface area contributed by atoms with Crippen molar-refractivity contribution in [1.29, 1.82) is 0 Å². The van der Waals surface area contributed by atoms with Crippen molar-refractivity contribution in [2.24, 2.45) is 0 Å². The molecule has 1 fully saturated rings. The van der Waals surface area contributed by atoms with Gasteiger partial charge in [-0.25, -0.2) is 4.98 Å². The van der Waals surface area contributed by atoms with Crippen LogP contribution in [-0.4, -0.2) is 82.5 Å². The number of fused-ring (bicyclic) bond motifs is 1. The quantitative estimate of drug-likeness (QED) is 0.285. The number of amides is 1. The normalized spacial score (nSPS) is 17.5. The van der Waals surface area contributed by atoms with Gasteiger partial charge in [-0.3, -0.25) is 13.9 Å². The second kappa shape index (κ2) is 15.4. The lowest BCUT2D eigenvalue weighted by atomic mass is 10.0. The van der Waals surface area contributed by atoms with Gasteiger partial charge in [0, 0.05) is 55.2 Å².